The van der Waals surface area contributed by atoms with Crippen LogP contribution in [0.15, 0.2) is 54.9 Å². The summed E-state index contributed by atoms with van der Waals surface area (Å²) in [7, 11) is 1.61. The molecule has 0 aliphatic rings. The standard InChI is InChI=1S/C22H18F2N4O2/c1-13-17(22(29)26-10-14-3-8-19(23)20(24)9-14)11-25-21-18(12-27-28(13)21)15-4-6-16(30-2)7-5-15/h3-9,11-12H,10H2,1-2H3,(H,26,29). The minimum absolute atomic E-state index is 0.0592. The molecular formula is C22H18F2N4O2. The number of fused-ring (bicyclic) bond motifs is 1. The predicted molar refractivity (Wildman–Crippen MR) is 107 cm³/mol. The van der Waals surface area contributed by atoms with Gasteiger partial charge in [-0.25, -0.2) is 18.3 Å². The minimum atomic E-state index is -0.955. The summed E-state index contributed by atoms with van der Waals surface area (Å²) in [6, 6.07) is 11.0. The van der Waals surface area contributed by atoms with E-state index < -0.39 is 11.6 Å². The monoisotopic (exact) mass is 408 g/mol. The van der Waals surface area contributed by atoms with Crippen LogP contribution in [0.3, 0.4) is 0 Å². The molecule has 2 aromatic heterocycles. The summed E-state index contributed by atoms with van der Waals surface area (Å²) in [6.07, 6.45) is 3.18. The first-order chi connectivity index (χ1) is 14.5. The Morgan fingerprint density at radius 2 is 1.87 bits per heavy atom. The molecule has 2 aromatic carbocycles. The zero-order valence-corrected chi connectivity index (χ0v) is 16.3. The Morgan fingerprint density at radius 1 is 1.10 bits per heavy atom. The van der Waals surface area contributed by atoms with E-state index in [1.807, 2.05) is 24.3 Å². The van der Waals surface area contributed by atoms with Gasteiger partial charge in [0.1, 0.15) is 5.75 Å². The summed E-state index contributed by atoms with van der Waals surface area (Å²) in [5.74, 6) is -1.52. The van der Waals surface area contributed by atoms with Gasteiger partial charge in [0.15, 0.2) is 17.3 Å². The van der Waals surface area contributed by atoms with E-state index in [4.69, 9.17) is 4.74 Å². The second kappa shape index (κ2) is 7.90. The lowest BCUT2D eigenvalue weighted by Gasteiger charge is -2.09. The molecule has 0 unspecified atom stereocenters. The predicted octanol–water partition coefficient (Wildman–Crippen LogP) is 3.92. The van der Waals surface area contributed by atoms with Gasteiger partial charge in [-0.3, -0.25) is 4.79 Å². The summed E-state index contributed by atoms with van der Waals surface area (Å²) in [5.41, 5.74) is 3.78. The van der Waals surface area contributed by atoms with Crippen LogP contribution in [-0.2, 0) is 6.54 Å². The van der Waals surface area contributed by atoms with Crippen LogP contribution in [0.4, 0.5) is 8.78 Å². The van der Waals surface area contributed by atoms with Gasteiger partial charge in [0.2, 0.25) is 0 Å². The number of methoxy groups -OCH3 is 1. The molecule has 30 heavy (non-hydrogen) atoms. The molecule has 8 heteroatoms. The highest BCUT2D eigenvalue weighted by Crippen LogP contribution is 2.26. The van der Waals surface area contributed by atoms with Crippen LogP contribution in [0.5, 0.6) is 5.75 Å². The molecule has 0 spiro atoms. The lowest BCUT2D eigenvalue weighted by atomic mass is 10.1. The molecule has 0 atom stereocenters. The molecule has 6 nitrogen and oxygen atoms in total. The quantitative estimate of drug-likeness (QED) is 0.544. The van der Waals surface area contributed by atoms with E-state index in [1.54, 1.807) is 24.7 Å². The number of carbonyl (C=O) groups is 1. The van der Waals surface area contributed by atoms with E-state index in [0.717, 1.165) is 29.0 Å². The Morgan fingerprint density at radius 3 is 2.57 bits per heavy atom. The molecule has 1 amide bonds. The Bertz CT molecular complexity index is 1240. The normalized spacial score (nSPS) is 10.9. The zero-order chi connectivity index (χ0) is 21.3. The van der Waals surface area contributed by atoms with Crippen molar-refractivity contribution in [1.29, 1.82) is 0 Å². The van der Waals surface area contributed by atoms with E-state index in [9.17, 15) is 13.6 Å². The number of nitrogens with one attached hydrogen (secondary N) is 1. The smallest absolute Gasteiger partial charge is 0.254 e. The first-order valence-corrected chi connectivity index (χ1v) is 9.18. The SMILES string of the molecule is COc1ccc(-c2cnn3c(C)c(C(=O)NCc4ccc(F)c(F)c4)cnc23)cc1. The number of carbonyl (C=O) groups excluding carboxylic acids is 1. The zero-order valence-electron chi connectivity index (χ0n) is 16.3. The molecule has 152 valence electrons. The third kappa shape index (κ3) is 3.59. The van der Waals surface area contributed by atoms with Gasteiger partial charge in [0.05, 0.1) is 24.6 Å². The van der Waals surface area contributed by atoms with Gasteiger partial charge in [0.25, 0.3) is 5.91 Å². The van der Waals surface area contributed by atoms with Gasteiger partial charge >= 0.3 is 0 Å². The van der Waals surface area contributed by atoms with Crippen molar-refractivity contribution in [2.75, 3.05) is 7.11 Å². The van der Waals surface area contributed by atoms with Crippen molar-refractivity contribution in [3.8, 4) is 16.9 Å². The van der Waals surface area contributed by atoms with Gasteiger partial charge in [-0.15, -0.1) is 0 Å². The lowest BCUT2D eigenvalue weighted by Crippen LogP contribution is -2.25. The average molecular weight is 408 g/mol. The summed E-state index contributed by atoms with van der Waals surface area (Å²) < 4.78 is 33.2. The fraction of sp³-hybridized carbons (Fsp3) is 0.136. The number of halogens is 2. The second-order valence-corrected chi connectivity index (χ2v) is 6.71. The molecule has 0 bridgehead atoms. The van der Waals surface area contributed by atoms with E-state index in [-0.39, 0.29) is 12.5 Å². The molecule has 0 aliphatic heterocycles. The van der Waals surface area contributed by atoms with Crippen LogP contribution in [0.2, 0.25) is 0 Å². The Hall–Kier alpha value is -3.81. The van der Waals surface area contributed by atoms with Crippen LogP contribution in [0.25, 0.3) is 16.8 Å². The number of amides is 1. The second-order valence-electron chi connectivity index (χ2n) is 6.71. The third-order valence-corrected chi connectivity index (χ3v) is 4.85. The summed E-state index contributed by atoms with van der Waals surface area (Å²) >= 11 is 0. The topological polar surface area (TPSA) is 68.5 Å². The highest BCUT2D eigenvalue weighted by atomic mass is 19.2. The first kappa shape index (κ1) is 19.5. The molecule has 0 saturated heterocycles. The van der Waals surface area contributed by atoms with Crippen molar-refractivity contribution in [3.63, 3.8) is 0 Å². The molecule has 1 N–H and O–H groups in total. The van der Waals surface area contributed by atoms with E-state index in [2.05, 4.69) is 15.4 Å². The third-order valence-electron chi connectivity index (χ3n) is 4.85. The maximum Gasteiger partial charge on any atom is 0.254 e. The van der Waals surface area contributed by atoms with E-state index >= 15 is 0 Å². The fourth-order valence-corrected chi connectivity index (χ4v) is 3.17. The van der Waals surface area contributed by atoms with E-state index in [1.165, 1.54) is 12.3 Å². The van der Waals surface area contributed by atoms with Crippen molar-refractivity contribution in [2.45, 2.75) is 13.5 Å². The van der Waals surface area contributed by atoms with Crippen LogP contribution in [-0.4, -0.2) is 27.6 Å². The molecular weight excluding hydrogens is 390 g/mol. The highest BCUT2D eigenvalue weighted by molar-refractivity contribution is 5.95. The fourth-order valence-electron chi connectivity index (χ4n) is 3.17. The molecule has 4 rings (SSSR count). The maximum absolute atomic E-state index is 13.3. The van der Waals surface area contributed by atoms with Gasteiger partial charge in [-0.2, -0.15) is 5.10 Å². The number of nitrogens with zero attached hydrogens (tertiary/aromatic N) is 3. The van der Waals surface area contributed by atoms with Gasteiger partial charge in [-0.05, 0) is 42.3 Å². The summed E-state index contributed by atoms with van der Waals surface area (Å²) in [6.45, 7) is 1.83. The van der Waals surface area contributed by atoms with Crippen molar-refractivity contribution in [1.82, 2.24) is 19.9 Å². The number of aromatic nitrogens is 3. The average Bonchev–Trinajstić information content (AvgIpc) is 3.20. The van der Waals surface area contributed by atoms with Crippen LogP contribution >= 0.6 is 0 Å². The van der Waals surface area contributed by atoms with Crippen molar-refractivity contribution in [3.05, 3.63) is 83.3 Å². The highest BCUT2D eigenvalue weighted by Gasteiger charge is 2.16. The Labute approximate surface area is 171 Å². The maximum atomic E-state index is 13.3. The molecule has 0 aliphatic carbocycles. The number of aryl methyl sites for hydroxylation is 1. The molecule has 0 radical (unpaired) electrons. The molecule has 0 saturated carbocycles. The Balaban J connectivity index is 1.58. The summed E-state index contributed by atoms with van der Waals surface area (Å²) in [4.78, 5) is 17.0. The number of hydrogen-bond acceptors (Lipinski definition) is 4. The molecule has 4 aromatic rings. The van der Waals surface area contributed by atoms with Crippen LogP contribution in [0, 0.1) is 18.6 Å². The van der Waals surface area contributed by atoms with Gasteiger partial charge in [-0.1, -0.05) is 18.2 Å². The Kier molecular flexibility index (Phi) is 5.14. The number of rotatable bonds is 5. The first-order valence-electron chi connectivity index (χ1n) is 9.18. The summed E-state index contributed by atoms with van der Waals surface area (Å²) in [5, 5.41) is 7.07. The van der Waals surface area contributed by atoms with Crippen molar-refractivity contribution >= 4 is 11.6 Å². The van der Waals surface area contributed by atoms with Gasteiger partial charge < -0.3 is 10.1 Å². The van der Waals surface area contributed by atoms with Crippen LogP contribution < -0.4 is 10.1 Å². The van der Waals surface area contributed by atoms with Crippen LogP contribution in [0.1, 0.15) is 21.6 Å². The van der Waals surface area contributed by atoms with Gasteiger partial charge in [0, 0.05) is 18.3 Å². The van der Waals surface area contributed by atoms with E-state index in [0.29, 0.717) is 22.5 Å². The van der Waals surface area contributed by atoms with Crippen molar-refractivity contribution in [2.24, 2.45) is 0 Å². The van der Waals surface area contributed by atoms with Crippen molar-refractivity contribution < 1.29 is 18.3 Å². The molecule has 0 fully saturated rings. The largest absolute Gasteiger partial charge is 0.497 e. The minimum Gasteiger partial charge on any atom is -0.497 e. The number of ether oxygens (including phenoxy) is 1. The lowest BCUT2D eigenvalue weighted by molar-refractivity contribution is 0.0949. The molecule has 2 heterocycles. The number of hydrogen-bond donors (Lipinski definition) is 1. The number of benzene rings is 2.